The minimum atomic E-state index is -0.0194. The smallest absolute Gasteiger partial charge is 0.0561 e. The van der Waals surface area contributed by atoms with E-state index in [1.807, 2.05) is 0 Å². The van der Waals surface area contributed by atoms with E-state index in [1.54, 1.807) is 0 Å². The van der Waals surface area contributed by atoms with E-state index in [4.69, 9.17) is 0 Å². The molecule has 0 saturated heterocycles. The Hall–Kier alpha value is -8.20. The average molecular weight is 901 g/mol. The topological polar surface area (TPSA) is 8.17 Å². The van der Waals surface area contributed by atoms with Crippen LogP contribution in [0.15, 0.2) is 231 Å². The first-order chi connectivity index (χ1) is 34.0. The van der Waals surface area contributed by atoms with Gasteiger partial charge in [0.25, 0.3) is 0 Å². The number of anilines is 3. The standard InChI is InChI=1S/C68H56N2/c1-67(2,3)48-41-47(42-49(43-48)68(4,5)6)53-30-18-22-46-23-19-33-61(66(46)53)59-29-14-17-36-64(59)70(51-38-40-60-58-28-13-16-35-63(58)69(65(60)44-51)50-24-8-7-9-25-50)62-34-15-12-27-57(62)55-32-20-31-54-52-26-11-10-21-45(52)37-39-56(54)55/h7-44H,1-6H3. The quantitative estimate of drug-likeness (QED) is 0.145. The van der Waals surface area contributed by atoms with Gasteiger partial charge < -0.3 is 9.47 Å². The van der Waals surface area contributed by atoms with Crippen molar-refractivity contribution in [2.45, 2.75) is 52.4 Å². The molecule has 1 aromatic heterocycles. The van der Waals surface area contributed by atoms with Crippen LogP contribution in [0.25, 0.3) is 93.2 Å². The van der Waals surface area contributed by atoms with Gasteiger partial charge in [0.05, 0.1) is 22.4 Å². The van der Waals surface area contributed by atoms with E-state index in [-0.39, 0.29) is 10.8 Å². The van der Waals surface area contributed by atoms with Crippen LogP contribution < -0.4 is 4.90 Å². The van der Waals surface area contributed by atoms with Crippen molar-refractivity contribution in [3.63, 3.8) is 0 Å². The Bertz CT molecular complexity index is 3930. The molecule has 0 radical (unpaired) electrons. The van der Waals surface area contributed by atoms with Crippen molar-refractivity contribution in [1.29, 1.82) is 0 Å². The van der Waals surface area contributed by atoms with Gasteiger partial charge in [-0.05, 0) is 119 Å². The molecule has 2 nitrogen and oxygen atoms in total. The van der Waals surface area contributed by atoms with Gasteiger partial charge in [0.2, 0.25) is 0 Å². The Morgan fingerprint density at radius 2 is 0.843 bits per heavy atom. The first-order valence-corrected chi connectivity index (χ1v) is 24.7. The molecule has 12 aromatic rings. The van der Waals surface area contributed by atoms with Gasteiger partial charge in [-0.1, -0.05) is 230 Å². The number of hydrogen-bond acceptors (Lipinski definition) is 1. The van der Waals surface area contributed by atoms with Crippen molar-refractivity contribution in [1.82, 2.24) is 4.57 Å². The fraction of sp³-hybridized carbons (Fsp3) is 0.118. The summed E-state index contributed by atoms with van der Waals surface area (Å²) in [6.45, 7) is 14.0. The Kier molecular flexibility index (Phi) is 10.3. The maximum atomic E-state index is 2.52. The highest BCUT2D eigenvalue weighted by Crippen LogP contribution is 2.49. The molecule has 2 heteroatoms. The lowest BCUT2D eigenvalue weighted by molar-refractivity contribution is 0.569. The Morgan fingerprint density at radius 1 is 0.329 bits per heavy atom. The molecule has 70 heavy (non-hydrogen) atoms. The maximum absolute atomic E-state index is 2.52. The van der Waals surface area contributed by atoms with Gasteiger partial charge in [0, 0.05) is 33.3 Å². The lowest BCUT2D eigenvalue weighted by Crippen LogP contribution is -2.16. The number of rotatable bonds is 7. The number of benzene rings is 11. The van der Waals surface area contributed by atoms with E-state index in [0.29, 0.717) is 0 Å². The van der Waals surface area contributed by atoms with Gasteiger partial charge in [-0.2, -0.15) is 0 Å². The van der Waals surface area contributed by atoms with Crippen molar-refractivity contribution in [2.75, 3.05) is 4.90 Å². The molecule has 0 amide bonds. The van der Waals surface area contributed by atoms with Crippen molar-refractivity contribution in [3.8, 4) is 39.1 Å². The minimum absolute atomic E-state index is 0.0194. The zero-order valence-electron chi connectivity index (χ0n) is 40.8. The molecule has 0 bridgehead atoms. The Balaban J connectivity index is 1.15. The monoisotopic (exact) mass is 900 g/mol. The van der Waals surface area contributed by atoms with E-state index in [9.17, 15) is 0 Å². The van der Waals surface area contributed by atoms with Crippen LogP contribution in [0.3, 0.4) is 0 Å². The molecule has 0 N–H and O–H groups in total. The summed E-state index contributed by atoms with van der Waals surface area (Å²) < 4.78 is 2.43. The third kappa shape index (κ3) is 7.34. The third-order valence-corrected chi connectivity index (χ3v) is 14.5. The summed E-state index contributed by atoms with van der Waals surface area (Å²) in [4.78, 5) is 2.52. The van der Waals surface area contributed by atoms with Gasteiger partial charge in [0.15, 0.2) is 0 Å². The number of nitrogens with zero attached hydrogens (tertiary/aromatic N) is 2. The highest BCUT2D eigenvalue weighted by molar-refractivity contribution is 6.15. The van der Waals surface area contributed by atoms with Crippen molar-refractivity contribution < 1.29 is 0 Å². The summed E-state index contributed by atoms with van der Waals surface area (Å²) in [5, 5.41) is 9.90. The van der Waals surface area contributed by atoms with Gasteiger partial charge in [0.1, 0.15) is 0 Å². The number of aromatic nitrogens is 1. The third-order valence-electron chi connectivity index (χ3n) is 14.5. The average Bonchev–Trinajstić information content (AvgIpc) is 3.72. The van der Waals surface area contributed by atoms with Gasteiger partial charge >= 0.3 is 0 Å². The molecule has 0 aliphatic carbocycles. The predicted octanol–water partition coefficient (Wildman–Crippen LogP) is 19.3. The van der Waals surface area contributed by atoms with Crippen LogP contribution in [0.5, 0.6) is 0 Å². The second-order valence-corrected chi connectivity index (χ2v) is 21.0. The first-order valence-electron chi connectivity index (χ1n) is 24.7. The Morgan fingerprint density at radius 3 is 1.56 bits per heavy atom. The molecule has 0 aliphatic rings. The van der Waals surface area contributed by atoms with Gasteiger partial charge in [-0.25, -0.2) is 0 Å². The summed E-state index contributed by atoms with van der Waals surface area (Å²) in [6, 6.07) is 85.8. The number of fused-ring (bicyclic) bond motifs is 7. The molecule has 0 aliphatic heterocycles. The molecule has 0 atom stereocenters. The molecular weight excluding hydrogens is 845 g/mol. The summed E-state index contributed by atoms with van der Waals surface area (Å²) in [5.74, 6) is 0. The van der Waals surface area contributed by atoms with Crippen LogP contribution in [0, 0.1) is 0 Å². The highest BCUT2D eigenvalue weighted by Gasteiger charge is 2.26. The SMILES string of the molecule is CC(C)(C)c1cc(-c2cccc3cccc(-c4ccccc4N(c4ccc5c6ccccc6n(-c6ccccc6)c5c4)c4ccccc4-c4cccc5c4ccc4ccccc45)c23)cc(C(C)(C)C)c1. The summed E-state index contributed by atoms with van der Waals surface area (Å²) in [5.41, 5.74) is 16.6. The predicted molar refractivity (Wildman–Crippen MR) is 302 cm³/mol. The molecular formula is C68H56N2. The highest BCUT2D eigenvalue weighted by atomic mass is 15.1. The van der Waals surface area contributed by atoms with E-state index >= 15 is 0 Å². The van der Waals surface area contributed by atoms with Crippen LogP contribution in [0.1, 0.15) is 52.7 Å². The largest absolute Gasteiger partial charge is 0.309 e. The molecule has 0 fully saturated rings. The molecule has 0 unspecified atom stereocenters. The normalized spacial score (nSPS) is 12.1. The van der Waals surface area contributed by atoms with E-state index < -0.39 is 0 Å². The fourth-order valence-corrected chi connectivity index (χ4v) is 10.9. The lowest BCUT2D eigenvalue weighted by atomic mass is 9.78. The number of hydrogen-bond donors (Lipinski definition) is 0. The van der Waals surface area contributed by atoms with Crippen LogP contribution >= 0.6 is 0 Å². The van der Waals surface area contributed by atoms with Crippen LogP contribution in [-0.2, 0) is 10.8 Å². The maximum Gasteiger partial charge on any atom is 0.0561 e. The lowest BCUT2D eigenvalue weighted by Gasteiger charge is -2.31. The molecule has 0 spiro atoms. The van der Waals surface area contributed by atoms with Gasteiger partial charge in [-0.15, -0.1) is 0 Å². The zero-order chi connectivity index (χ0) is 47.7. The molecule has 12 rings (SSSR count). The number of para-hydroxylation sites is 4. The Labute approximate surface area is 411 Å². The fourth-order valence-electron chi connectivity index (χ4n) is 10.9. The summed E-state index contributed by atoms with van der Waals surface area (Å²) >= 11 is 0. The second-order valence-electron chi connectivity index (χ2n) is 21.0. The van der Waals surface area contributed by atoms with Crippen molar-refractivity contribution in [2.24, 2.45) is 0 Å². The first kappa shape index (κ1) is 43.1. The summed E-state index contributed by atoms with van der Waals surface area (Å²) in [6.07, 6.45) is 0. The van der Waals surface area contributed by atoms with Crippen molar-refractivity contribution in [3.05, 3.63) is 242 Å². The zero-order valence-corrected chi connectivity index (χ0v) is 40.8. The molecule has 11 aromatic carbocycles. The van der Waals surface area contributed by atoms with Gasteiger partial charge in [-0.3, -0.25) is 0 Å². The van der Waals surface area contributed by atoms with Crippen LogP contribution in [0.4, 0.5) is 17.1 Å². The summed E-state index contributed by atoms with van der Waals surface area (Å²) in [7, 11) is 0. The van der Waals surface area contributed by atoms with E-state index in [2.05, 4.69) is 282 Å². The van der Waals surface area contributed by atoms with E-state index in [1.165, 1.54) is 82.0 Å². The van der Waals surface area contributed by atoms with Crippen LogP contribution in [0.2, 0.25) is 0 Å². The van der Waals surface area contributed by atoms with Crippen LogP contribution in [-0.4, -0.2) is 4.57 Å². The molecule has 338 valence electrons. The molecule has 0 saturated carbocycles. The second kappa shape index (κ2) is 16.8. The van der Waals surface area contributed by atoms with E-state index in [0.717, 1.165) is 39.4 Å². The minimum Gasteiger partial charge on any atom is -0.309 e. The van der Waals surface area contributed by atoms with Crippen molar-refractivity contribution >= 4 is 71.2 Å². The molecule has 1 heterocycles.